The number of aromatic nitrogens is 1. The number of nitrogens with one attached hydrogen (secondary N) is 1. The second kappa shape index (κ2) is 8.64. The highest BCUT2D eigenvalue weighted by Crippen LogP contribution is 2.31. The van der Waals surface area contributed by atoms with Gasteiger partial charge in [0.2, 0.25) is 10.0 Å². The van der Waals surface area contributed by atoms with Crippen LogP contribution in [0.1, 0.15) is 28.8 Å². The number of aryl methyl sites for hydroxylation is 1. The van der Waals surface area contributed by atoms with E-state index in [0.717, 1.165) is 5.56 Å². The first-order valence-corrected chi connectivity index (χ1v) is 11.6. The minimum absolute atomic E-state index is 0.0614. The van der Waals surface area contributed by atoms with E-state index in [1.165, 1.54) is 11.4 Å². The van der Waals surface area contributed by atoms with Gasteiger partial charge in [0.05, 0.1) is 12.0 Å². The largest absolute Gasteiger partial charge is 0.494 e. The lowest BCUT2D eigenvalue weighted by Gasteiger charge is -2.32. The van der Waals surface area contributed by atoms with Crippen molar-refractivity contribution in [3.63, 3.8) is 0 Å². The molecule has 0 bridgehead atoms. The fraction of sp³-hybridized carbons (Fsp3) is 0.304. The average molecular weight is 440 g/mol. The number of nitrogens with zero attached hydrogens (tertiary/aromatic N) is 2. The first-order chi connectivity index (χ1) is 14.9. The number of methoxy groups -OCH3 is 1. The van der Waals surface area contributed by atoms with Crippen molar-refractivity contribution < 1.29 is 17.9 Å². The molecule has 1 fully saturated rings. The van der Waals surface area contributed by atoms with Gasteiger partial charge in [0.1, 0.15) is 11.3 Å². The number of sulfonamides is 1. The Kier molecular flexibility index (Phi) is 5.93. The van der Waals surface area contributed by atoms with Crippen LogP contribution in [-0.2, 0) is 10.0 Å². The van der Waals surface area contributed by atoms with E-state index in [2.05, 4.69) is 10.3 Å². The van der Waals surface area contributed by atoms with Crippen LogP contribution in [0.25, 0.3) is 10.9 Å². The van der Waals surface area contributed by atoms with E-state index in [9.17, 15) is 13.2 Å². The van der Waals surface area contributed by atoms with Gasteiger partial charge in [0.25, 0.3) is 5.91 Å². The summed E-state index contributed by atoms with van der Waals surface area (Å²) in [6.45, 7) is 2.63. The summed E-state index contributed by atoms with van der Waals surface area (Å²) >= 11 is 0. The van der Waals surface area contributed by atoms with Gasteiger partial charge < -0.3 is 10.1 Å². The molecule has 8 heteroatoms. The number of carbonyl (C=O) groups is 1. The van der Waals surface area contributed by atoms with Gasteiger partial charge in [-0.05, 0) is 56.2 Å². The van der Waals surface area contributed by atoms with Crippen molar-refractivity contribution in [1.29, 1.82) is 0 Å². The minimum Gasteiger partial charge on any atom is -0.494 e. The Morgan fingerprint density at radius 3 is 2.61 bits per heavy atom. The number of ether oxygens (including phenoxy) is 1. The molecule has 1 aliphatic rings. The van der Waals surface area contributed by atoms with Gasteiger partial charge in [-0.1, -0.05) is 17.7 Å². The molecule has 0 atom stereocenters. The Labute approximate surface area is 182 Å². The number of piperidine rings is 1. The maximum absolute atomic E-state index is 13.4. The molecular formula is C23H25N3O4S. The van der Waals surface area contributed by atoms with E-state index in [0.29, 0.717) is 48.1 Å². The van der Waals surface area contributed by atoms with Gasteiger partial charge >= 0.3 is 0 Å². The predicted molar refractivity (Wildman–Crippen MR) is 119 cm³/mol. The summed E-state index contributed by atoms with van der Waals surface area (Å²) in [6, 6.07) is 14.0. The predicted octanol–water partition coefficient (Wildman–Crippen LogP) is 3.13. The normalized spacial score (nSPS) is 15.7. The third kappa shape index (κ3) is 4.26. The molecule has 31 heavy (non-hydrogen) atoms. The number of hydrogen-bond donors (Lipinski definition) is 1. The molecule has 1 aromatic heterocycles. The Balaban J connectivity index is 1.49. The molecule has 4 rings (SSSR count). The monoisotopic (exact) mass is 439 g/mol. The molecule has 0 unspecified atom stereocenters. The van der Waals surface area contributed by atoms with Crippen molar-refractivity contribution >= 4 is 26.8 Å². The van der Waals surface area contributed by atoms with E-state index in [1.807, 2.05) is 25.1 Å². The van der Waals surface area contributed by atoms with E-state index in [4.69, 9.17) is 4.74 Å². The molecule has 1 saturated heterocycles. The smallest absolute Gasteiger partial charge is 0.251 e. The lowest BCUT2D eigenvalue weighted by molar-refractivity contribution is 0.0923. The zero-order valence-electron chi connectivity index (χ0n) is 17.5. The van der Waals surface area contributed by atoms with Crippen molar-refractivity contribution in [2.45, 2.75) is 30.7 Å². The fourth-order valence-electron chi connectivity index (χ4n) is 3.94. The third-order valence-electron chi connectivity index (χ3n) is 5.60. The summed E-state index contributed by atoms with van der Waals surface area (Å²) in [5.41, 5.74) is 2.16. The molecule has 1 amide bonds. The van der Waals surface area contributed by atoms with E-state index in [-0.39, 0.29) is 16.8 Å². The van der Waals surface area contributed by atoms with E-state index >= 15 is 0 Å². The second-order valence-corrected chi connectivity index (χ2v) is 9.59. The van der Waals surface area contributed by atoms with Crippen LogP contribution in [0, 0.1) is 6.92 Å². The van der Waals surface area contributed by atoms with Crippen LogP contribution in [0.5, 0.6) is 5.75 Å². The summed E-state index contributed by atoms with van der Waals surface area (Å²) in [4.78, 5) is 17.0. The standard InChI is InChI=1S/C23H25N3O4S/c1-16-5-3-6-17(15-16)23(27)25-18-10-13-26(14-11-18)31(28,29)21-9-8-20(30-2)22-19(21)7-4-12-24-22/h3-9,12,15,18H,10-11,13-14H2,1-2H3,(H,25,27). The first kappa shape index (κ1) is 21.3. The molecule has 2 aromatic carbocycles. The highest BCUT2D eigenvalue weighted by atomic mass is 32.2. The van der Waals surface area contributed by atoms with Crippen LogP contribution in [0.3, 0.4) is 0 Å². The van der Waals surface area contributed by atoms with Crippen LogP contribution in [0.15, 0.2) is 59.6 Å². The van der Waals surface area contributed by atoms with Crippen molar-refractivity contribution in [3.05, 3.63) is 65.9 Å². The zero-order chi connectivity index (χ0) is 22.0. The molecule has 1 aliphatic heterocycles. The maximum atomic E-state index is 13.4. The van der Waals surface area contributed by atoms with Crippen LogP contribution in [0.4, 0.5) is 0 Å². The highest BCUT2D eigenvalue weighted by molar-refractivity contribution is 7.89. The van der Waals surface area contributed by atoms with Crippen LogP contribution < -0.4 is 10.1 Å². The minimum atomic E-state index is -3.70. The zero-order valence-corrected chi connectivity index (χ0v) is 18.4. The van der Waals surface area contributed by atoms with Crippen LogP contribution >= 0.6 is 0 Å². The summed E-state index contributed by atoms with van der Waals surface area (Å²) < 4.78 is 33.5. The van der Waals surface area contributed by atoms with Gasteiger partial charge in [-0.2, -0.15) is 4.31 Å². The van der Waals surface area contributed by atoms with Gasteiger partial charge in [0, 0.05) is 36.3 Å². The lowest BCUT2D eigenvalue weighted by atomic mass is 10.1. The van der Waals surface area contributed by atoms with Crippen molar-refractivity contribution in [3.8, 4) is 5.75 Å². The number of benzene rings is 2. The SMILES string of the molecule is COc1ccc(S(=O)(=O)N2CCC(NC(=O)c3cccc(C)c3)CC2)c2cccnc12. The average Bonchev–Trinajstić information content (AvgIpc) is 2.78. The van der Waals surface area contributed by atoms with Gasteiger partial charge in [-0.25, -0.2) is 8.42 Å². The fourth-order valence-corrected chi connectivity index (χ4v) is 5.60. The van der Waals surface area contributed by atoms with E-state index < -0.39 is 10.0 Å². The molecule has 7 nitrogen and oxygen atoms in total. The maximum Gasteiger partial charge on any atom is 0.251 e. The molecule has 0 aliphatic carbocycles. The number of hydrogen-bond acceptors (Lipinski definition) is 5. The summed E-state index contributed by atoms with van der Waals surface area (Å²) in [5.74, 6) is 0.407. The molecule has 162 valence electrons. The molecule has 2 heterocycles. The van der Waals surface area contributed by atoms with Gasteiger partial charge in [0.15, 0.2) is 0 Å². The Hall–Kier alpha value is -2.97. The first-order valence-electron chi connectivity index (χ1n) is 10.2. The van der Waals surface area contributed by atoms with Crippen LogP contribution in [0.2, 0.25) is 0 Å². The van der Waals surface area contributed by atoms with E-state index in [1.54, 1.807) is 36.5 Å². The topological polar surface area (TPSA) is 88.6 Å². The van der Waals surface area contributed by atoms with Crippen molar-refractivity contribution in [1.82, 2.24) is 14.6 Å². The molecular weight excluding hydrogens is 414 g/mol. The molecule has 1 N–H and O–H groups in total. The van der Waals surface area contributed by atoms with Gasteiger partial charge in [-0.15, -0.1) is 0 Å². The molecule has 3 aromatic rings. The second-order valence-electron chi connectivity index (χ2n) is 7.69. The molecule has 0 saturated carbocycles. The number of rotatable bonds is 5. The lowest BCUT2D eigenvalue weighted by Crippen LogP contribution is -2.46. The molecule has 0 radical (unpaired) electrons. The number of amides is 1. The number of pyridine rings is 1. The third-order valence-corrected chi connectivity index (χ3v) is 7.56. The highest BCUT2D eigenvalue weighted by Gasteiger charge is 2.31. The summed E-state index contributed by atoms with van der Waals surface area (Å²) in [6.07, 6.45) is 2.73. The molecule has 0 spiro atoms. The van der Waals surface area contributed by atoms with Crippen molar-refractivity contribution in [2.24, 2.45) is 0 Å². The van der Waals surface area contributed by atoms with Gasteiger partial charge in [-0.3, -0.25) is 9.78 Å². The Bertz CT molecular complexity index is 1220. The summed E-state index contributed by atoms with van der Waals surface area (Å²) in [5, 5.41) is 3.57. The summed E-state index contributed by atoms with van der Waals surface area (Å²) in [7, 11) is -2.16. The Morgan fingerprint density at radius 1 is 1.13 bits per heavy atom. The Morgan fingerprint density at radius 2 is 1.90 bits per heavy atom. The van der Waals surface area contributed by atoms with Crippen molar-refractivity contribution in [2.75, 3.05) is 20.2 Å². The quantitative estimate of drug-likeness (QED) is 0.660. The van der Waals surface area contributed by atoms with Crippen LogP contribution in [-0.4, -0.2) is 49.9 Å². The number of carbonyl (C=O) groups excluding carboxylic acids is 1. The number of fused-ring (bicyclic) bond motifs is 1.